The molecular formula is C30H36N6O5. The molecular weight excluding hydrogens is 524 g/mol. The molecule has 216 valence electrons. The predicted octanol–water partition coefficient (Wildman–Crippen LogP) is 1.98. The van der Waals surface area contributed by atoms with Gasteiger partial charge in [-0.2, -0.15) is 5.10 Å². The fraction of sp³-hybridized carbons (Fsp3) is 0.500. The van der Waals surface area contributed by atoms with Crippen LogP contribution < -0.4 is 10.1 Å². The van der Waals surface area contributed by atoms with Crippen LogP contribution in [0, 0.1) is 11.8 Å². The van der Waals surface area contributed by atoms with E-state index in [9.17, 15) is 14.4 Å². The standard InChI is InChI=1S/C30H36N6O5/c1-34-27-15-22(16-32-26(27)17-33-34)30(39)35-9-3-8-31-28(37)25-19-36(29(38)20-6-11-40-12-7-20)18-24(25)21-4-2-5-23(14-21)41-13-10-35/h2,4-5,14-17,20,24-25H,3,6-13,18-19H2,1H3,(H,31,37)/t24-,25+/m1/s1. The van der Waals surface area contributed by atoms with Gasteiger partial charge in [-0.25, -0.2) is 0 Å². The number of aryl methyl sites for hydroxylation is 1. The summed E-state index contributed by atoms with van der Waals surface area (Å²) in [4.78, 5) is 48.3. The van der Waals surface area contributed by atoms with Gasteiger partial charge in [0, 0.05) is 64.5 Å². The molecule has 0 saturated carbocycles. The van der Waals surface area contributed by atoms with Gasteiger partial charge in [-0.05, 0) is 43.0 Å². The zero-order chi connectivity index (χ0) is 28.3. The summed E-state index contributed by atoms with van der Waals surface area (Å²) in [5, 5.41) is 7.31. The fourth-order valence-electron chi connectivity index (χ4n) is 6.15. The van der Waals surface area contributed by atoms with E-state index in [1.165, 1.54) is 0 Å². The molecule has 2 aromatic heterocycles. The molecule has 3 aromatic rings. The summed E-state index contributed by atoms with van der Waals surface area (Å²) in [6, 6.07) is 9.58. The highest BCUT2D eigenvalue weighted by atomic mass is 16.5. The number of amides is 3. The van der Waals surface area contributed by atoms with Crippen LogP contribution >= 0.6 is 0 Å². The number of nitrogens with zero attached hydrogens (tertiary/aromatic N) is 5. The highest BCUT2D eigenvalue weighted by molar-refractivity contribution is 5.96. The van der Waals surface area contributed by atoms with Crippen molar-refractivity contribution in [2.45, 2.75) is 25.2 Å². The van der Waals surface area contributed by atoms with Gasteiger partial charge in [-0.1, -0.05) is 12.1 Å². The van der Waals surface area contributed by atoms with Gasteiger partial charge < -0.3 is 24.6 Å². The van der Waals surface area contributed by atoms with Crippen LogP contribution in [0.25, 0.3) is 11.0 Å². The summed E-state index contributed by atoms with van der Waals surface area (Å²) in [7, 11) is 1.82. The summed E-state index contributed by atoms with van der Waals surface area (Å²) >= 11 is 0. The Kier molecular flexibility index (Phi) is 7.86. The molecule has 6 rings (SSSR count). The van der Waals surface area contributed by atoms with E-state index in [1.807, 2.05) is 42.3 Å². The first-order valence-electron chi connectivity index (χ1n) is 14.4. The van der Waals surface area contributed by atoms with E-state index in [2.05, 4.69) is 15.4 Å². The first kappa shape index (κ1) is 27.2. The summed E-state index contributed by atoms with van der Waals surface area (Å²) < 4.78 is 13.3. The van der Waals surface area contributed by atoms with Crippen molar-refractivity contribution in [2.75, 3.05) is 52.5 Å². The quantitative estimate of drug-likeness (QED) is 0.509. The number of aromatic nitrogens is 3. The van der Waals surface area contributed by atoms with Crippen LogP contribution in [0.2, 0.25) is 0 Å². The monoisotopic (exact) mass is 560 g/mol. The summed E-state index contributed by atoms with van der Waals surface area (Å²) in [6.07, 6.45) is 5.29. The van der Waals surface area contributed by atoms with Crippen LogP contribution in [0.4, 0.5) is 0 Å². The predicted molar refractivity (Wildman–Crippen MR) is 150 cm³/mol. The molecule has 0 aliphatic carbocycles. The van der Waals surface area contributed by atoms with Gasteiger partial charge in [-0.3, -0.25) is 24.0 Å². The van der Waals surface area contributed by atoms with E-state index < -0.39 is 0 Å². The lowest BCUT2D eigenvalue weighted by atomic mass is 9.88. The highest BCUT2D eigenvalue weighted by Gasteiger charge is 2.42. The molecule has 11 nitrogen and oxygen atoms in total. The van der Waals surface area contributed by atoms with Crippen LogP contribution in [0.5, 0.6) is 5.75 Å². The topological polar surface area (TPSA) is 119 Å². The molecule has 1 N–H and O–H groups in total. The number of hydrogen-bond donors (Lipinski definition) is 1. The zero-order valence-corrected chi connectivity index (χ0v) is 23.3. The molecule has 2 atom stereocenters. The SMILES string of the molecule is Cn1ncc2ncc(C(=O)N3CCCNC(=O)[C@H]4CN(C(=O)C5CCOCC5)C[C@@H]4c4cccc(c4)OCC3)cc21. The Labute approximate surface area is 238 Å². The number of nitrogens with one attached hydrogen (secondary N) is 1. The number of hydrogen-bond acceptors (Lipinski definition) is 7. The number of carbonyl (C=O) groups is 3. The molecule has 0 spiro atoms. The van der Waals surface area contributed by atoms with Crippen molar-refractivity contribution in [3.63, 3.8) is 0 Å². The van der Waals surface area contributed by atoms with Gasteiger partial charge in [0.2, 0.25) is 11.8 Å². The largest absolute Gasteiger partial charge is 0.492 e. The molecule has 1 aromatic carbocycles. The smallest absolute Gasteiger partial charge is 0.255 e. The Morgan fingerprint density at radius 1 is 1.00 bits per heavy atom. The number of likely N-dealkylation sites (tertiary alicyclic amines) is 1. The Morgan fingerprint density at radius 3 is 2.68 bits per heavy atom. The lowest BCUT2D eigenvalue weighted by Gasteiger charge is -2.26. The van der Waals surface area contributed by atoms with Crippen LogP contribution in [-0.2, 0) is 21.4 Å². The maximum atomic E-state index is 13.5. The van der Waals surface area contributed by atoms with Crippen LogP contribution in [0.3, 0.4) is 0 Å². The minimum absolute atomic E-state index is 0.0488. The molecule has 5 heterocycles. The van der Waals surface area contributed by atoms with Crippen molar-refractivity contribution in [3.8, 4) is 5.75 Å². The van der Waals surface area contributed by atoms with Gasteiger partial charge in [0.15, 0.2) is 0 Å². The molecule has 11 heteroatoms. The van der Waals surface area contributed by atoms with Gasteiger partial charge in [0.05, 0.1) is 29.7 Å². The third-order valence-electron chi connectivity index (χ3n) is 8.49. The van der Waals surface area contributed by atoms with Gasteiger partial charge in [-0.15, -0.1) is 0 Å². The van der Waals surface area contributed by atoms with Crippen LogP contribution in [0.1, 0.15) is 41.1 Å². The maximum absolute atomic E-state index is 13.5. The highest BCUT2D eigenvalue weighted by Crippen LogP contribution is 2.36. The normalized spacial score (nSPS) is 22.5. The Morgan fingerprint density at radius 2 is 1.83 bits per heavy atom. The zero-order valence-electron chi connectivity index (χ0n) is 23.3. The number of carbonyl (C=O) groups excluding carboxylic acids is 3. The van der Waals surface area contributed by atoms with Gasteiger partial charge in [0.25, 0.3) is 5.91 Å². The van der Waals surface area contributed by atoms with Crippen molar-refractivity contribution >= 4 is 28.8 Å². The molecule has 41 heavy (non-hydrogen) atoms. The molecule has 3 amide bonds. The molecule has 3 aliphatic heterocycles. The van der Waals surface area contributed by atoms with E-state index >= 15 is 0 Å². The molecule has 0 radical (unpaired) electrons. The Balaban J connectivity index is 1.19. The number of fused-ring (bicyclic) bond motifs is 5. The molecule has 0 unspecified atom stereocenters. The van der Waals surface area contributed by atoms with Gasteiger partial charge >= 0.3 is 0 Å². The van der Waals surface area contributed by atoms with Crippen LogP contribution in [0.15, 0.2) is 42.7 Å². The lowest BCUT2D eigenvalue weighted by molar-refractivity contribution is -0.137. The number of rotatable bonds is 2. The molecule has 2 saturated heterocycles. The van der Waals surface area contributed by atoms with Gasteiger partial charge in [0.1, 0.15) is 17.9 Å². The maximum Gasteiger partial charge on any atom is 0.255 e. The lowest BCUT2D eigenvalue weighted by Crippen LogP contribution is -2.40. The summed E-state index contributed by atoms with van der Waals surface area (Å²) in [5.41, 5.74) is 2.98. The van der Waals surface area contributed by atoms with E-state index in [-0.39, 0.29) is 35.5 Å². The van der Waals surface area contributed by atoms with Crippen molar-refractivity contribution in [1.29, 1.82) is 0 Å². The molecule has 3 aliphatic rings. The van der Waals surface area contributed by atoms with Crippen molar-refractivity contribution in [3.05, 3.63) is 53.9 Å². The van der Waals surface area contributed by atoms with Crippen molar-refractivity contribution < 1.29 is 23.9 Å². The first-order chi connectivity index (χ1) is 20.0. The number of pyridine rings is 1. The Bertz CT molecular complexity index is 1430. The first-order valence-corrected chi connectivity index (χ1v) is 14.4. The third kappa shape index (κ3) is 5.76. The second-order valence-electron chi connectivity index (χ2n) is 11.1. The second-order valence-corrected chi connectivity index (χ2v) is 11.1. The van der Waals surface area contributed by atoms with Crippen LogP contribution in [-0.4, -0.2) is 94.8 Å². The van der Waals surface area contributed by atoms with Crippen molar-refractivity contribution in [2.24, 2.45) is 18.9 Å². The Hall–Kier alpha value is -3.99. The van der Waals surface area contributed by atoms with E-state index in [0.29, 0.717) is 70.3 Å². The van der Waals surface area contributed by atoms with E-state index in [4.69, 9.17) is 9.47 Å². The third-order valence-corrected chi connectivity index (χ3v) is 8.49. The van der Waals surface area contributed by atoms with E-state index in [1.54, 1.807) is 22.0 Å². The average Bonchev–Trinajstić information content (AvgIpc) is 3.62. The molecule has 2 fully saturated rings. The summed E-state index contributed by atoms with van der Waals surface area (Å²) in [6.45, 7) is 3.70. The summed E-state index contributed by atoms with van der Waals surface area (Å²) in [5.74, 6) is 0.0700. The second kappa shape index (κ2) is 11.9. The average molecular weight is 561 g/mol. The minimum Gasteiger partial charge on any atom is -0.492 e. The fourth-order valence-corrected chi connectivity index (χ4v) is 6.15. The molecule has 2 bridgehead atoms. The number of ether oxygens (including phenoxy) is 2. The number of benzene rings is 1. The minimum atomic E-state index is -0.355. The van der Waals surface area contributed by atoms with E-state index in [0.717, 1.165) is 29.4 Å². The van der Waals surface area contributed by atoms with Crippen molar-refractivity contribution in [1.82, 2.24) is 29.9 Å².